The van der Waals surface area contributed by atoms with Crippen LogP contribution in [-0.2, 0) is 20.9 Å². The fourth-order valence-corrected chi connectivity index (χ4v) is 4.80. The lowest BCUT2D eigenvalue weighted by Crippen LogP contribution is -2.55. The minimum Gasteiger partial charge on any atom is -0.493 e. The molecule has 0 fully saturated rings. The first-order valence-electron chi connectivity index (χ1n) is 11.9. The largest absolute Gasteiger partial charge is 0.493 e. The van der Waals surface area contributed by atoms with E-state index >= 15 is 0 Å². The van der Waals surface area contributed by atoms with Crippen molar-refractivity contribution in [3.63, 3.8) is 0 Å². The topological polar surface area (TPSA) is 138 Å². The first kappa shape index (κ1) is 30.3. The van der Waals surface area contributed by atoms with E-state index in [1.165, 1.54) is 14.0 Å². The minimum absolute atomic E-state index is 0.0632. The van der Waals surface area contributed by atoms with Crippen molar-refractivity contribution in [1.82, 2.24) is 10.2 Å². The van der Waals surface area contributed by atoms with Gasteiger partial charge in [-0.25, -0.2) is 0 Å². The Morgan fingerprint density at radius 1 is 1.28 bits per heavy atom. The van der Waals surface area contributed by atoms with Gasteiger partial charge in [0, 0.05) is 38.6 Å². The Bertz CT molecular complexity index is 924. The van der Waals surface area contributed by atoms with Crippen LogP contribution in [0.5, 0.6) is 11.5 Å². The predicted molar refractivity (Wildman–Crippen MR) is 142 cm³/mol. The molecule has 0 aliphatic heterocycles. The molecular weight excluding hydrogens is 583 g/mol. The summed E-state index contributed by atoms with van der Waals surface area (Å²) in [4.78, 5) is 26.9. The normalized spacial score (nSPS) is 19.6. The molecule has 1 aliphatic carbocycles. The van der Waals surface area contributed by atoms with Crippen molar-refractivity contribution in [3.05, 3.63) is 32.9 Å². The lowest BCUT2D eigenvalue weighted by atomic mass is 9.88. The van der Waals surface area contributed by atoms with Crippen LogP contribution in [0, 0.1) is 3.57 Å². The third-order valence-corrected chi connectivity index (χ3v) is 6.54. The van der Waals surface area contributed by atoms with Crippen LogP contribution >= 0.6 is 22.6 Å². The number of hydrogen-bond acceptors (Lipinski definition) is 8. The molecular formula is C25H37IN2O8. The van der Waals surface area contributed by atoms with Crippen molar-refractivity contribution in [1.29, 1.82) is 0 Å². The van der Waals surface area contributed by atoms with Crippen molar-refractivity contribution in [3.8, 4) is 11.5 Å². The quantitative estimate of drug-likeness (QED) is 0.192. The molecule has 1 aliphatic rings. The number of amides is 2. The summed E-state index contributed by atoms with van der Waals surface area (Å²) in [5, 5.41) is 32.6. The van der Waals surface area contributed by atoms with Crippen molar-refractivity contribution >= 4 is 34.4 Å². The van der Waals surface area contributed by atoms with E-state index in [9.17, 15) is 19.8 Å². The lowest BCUT2D eigenvalue weighted by molar-refractivity contribution is -0.136. The van der Waals surface area contributed by atoms with Gasteiger partial charge in [0.2, 0.25) is 11.8 Å². The van der Waals surface area contributed by atoms with Crippen LogP contribution in [0.4, 0.5) is 0 Å². The maximum Gasteiger partial charge on any atom is 0.247 e. The first-order chi connectivity index (χ1) is 17.1. The van der Waals surface area contributed by atoms with Gasteiger partial charge in [-0.15, -0.1) is 0 Å². The number of nitrogens with zero attached hydrogens (tertiary/aromatic N) is 1. The van der Waals surface area contributed by atoms with Gasteiger partial charge in [0.05, 0.1) is 36.0 Å². The summed E-state index contributed by atoms with van der Waals surface area (Å²) in [6.45, 7) is 5.77. The van der Waals surface area contributed by atoms with Gasteiger partial charge in [-0.05, 0) is 66.6 Å². The summed E-state index contributed by atoms with van der Waals surface area (Å²) >= 11 is 2.05. The van der Waals surface area contributed by atoms with Crippen molar-refractivity contribution in [2.75, 3.05) is 33.4 Å². The second-order valence-corrected chi connectivity index (χ2v) is 9.93. The predicted octanol–water partition coefficient (Wildman–Crippen LogP) is 1.37. The number of methoxy groups -OCH3 is 1. The highest BCUT2D eigenvalue weighted by molar-refractivity contribution is 14.1. The Kier molecular flexibility index (Phi) is 12.4. The third-order valence-electron chi connectivity index (χ3n) is 5.74. The van der Waals surface area contributed by atoms with E-state index in [1.807, 2.05) is 13.8 Å². The van der Waals surface area contributed by atoms with E-state index in [-0.39, 0.29) is 38.2 Å². The smallest absolute Gasteiger partial charge is 0.247 e. The van der Waals surface area contributed by atoms with Crippen LogP contribution in [0.3, 0.4) is 0 Å². The molecule has 2 rings (SSSR count). The molecule has 0 bridgehead atoms. The Balaban J connectivity index is 2.39. The number of nitrogens with one attached hydrogen (secondary N) is 1. The maximum absolute atomic E-state index is 12.8. The van der Waals surface area contributed by atoms with Crippen LogP contribution < -0.4 is 14.8 Å². The van der Waals surface area contributed by atoms with Crippen LogP contribution in [-0.4, -0.2) is 89.8 Å². The molecule has 0 radical (unpaired) electrons. The average Bonchev–Trinajstić information content (AvgIpc) is 2.84. The van der Waals surface area contributed by atoms with Gasteiger partial charge < -0.3 is 39.7 Å². The number of ether oxygens (including phenoxy) is 3. The van der Waals surface area contributed by atoms with Gasteiger partial charge in [0.1, 0.15) is 12.2 Å². The molecule has 11 heteroatoms. The number of rotatable bonds is 13. The zero-order chi connectivity index (χ0) is 26.8. The molecule has 0 heterocycles. The fourth-order valence-electron chi connectivity index (χ4n) is 4.01. The standard InChI is InChI=1S/C25H37IN2O8/c1-15(2)35-9-5-7-28(16(3)31)20-12-18(25(33)27-6-8-29)13-21(23(20)32)36-24-19(26)10-17(14-30)11-22(24)34-4/h10-11,13,15,20-21,23,29-30,32H,5-9,12,14H2,1-4H3,(H,27,33)/t20-,21+,23+/m1/s1. The number of benzene rings is 1. The molecule has 0 spiro atoms. The molecule has 10 nitrogen and oxygen atoms in total. The first-order valence-corrected chi connectivity index (χ1v) is 13.0. The molecule has 36 heavy (non-hydrogen) atoms. The van der Waals surface area contributed by atoms with E-state index in [4.69, 9.17) is 19.3 Å². The zero-order valence-corrected chi connectivity index (χ0v) is 23.4. The van der Waals surface area contributed by atoms with E-state index < -0.39 is 24.2 Å². The molecule has 1 aromatic carbocycles. The zero-order valence-electron chi connectivity index (χ0n) is 21.2. The maximum atomic E-state index is 12.8. The molecule has 0 aromatic heterocycles. The second-order valence-electron chi connectivity index (χ2n) is 8.77. The van der Waals surface area contributed by atoms with Gasteiger partial charge in [-0.1, -0.05) is 0 Å². The summed E-state index contributed by atoms with van der Waals surface area (Å²) in [5.74, 6) is 0.0811. The van der Waals surface area contributed by atoms with Gasteiger partial charge >= 0.3 is 0 Å². The molecule has 202 valence electrons. The fraction of sp³-hybridized carbons (Fsp3) is 0.600. The number of carbonyl (C=O) groups is 2. The van der Waals surface area contributed by atoms with Crippen LogP contribution in [0.2, 0.25) is 0 Å². The molecule has 4 N–H and O–H groups in total. The van der Waals surface area contributed by atoms with Gasteiger partial charge in [-0.3, -0.25) is 9.59 Å². The summed E-state index contributed by atoms with van der Waals surface area (Å²) in [6.07, 6.45) is 0.205. The van der Waals surface area contributed by atoms with E-state index in [1.54, 1.807) is 23.1 Å². The van der Waals surface area contributed by atoms with Crippen molar-refractivity contribution in [2.24, 2.45) is 0 Å². The summed E-state index contributed by atoms with van der Waals surface area (Å²) in [5.41, 5.74) is 0.978. The molecule has 1 aromatic rings. The van der Waals surface area contributed by atoms with E-state index in [0.717, 1.165) is 0 Å². The highest BCUT2D eigenvalue weighted by atomic mass is 127. The Morgan fingerprint density at radius 2 is 2.00 bits per heavy atom. The highest BCUT2D eigenvalue weighted by Crippen LogP contribution is 2.37. The number of aliphatic hydroxyl groups excluding tert-OH is 3. The van der Waals surface area contributed by atoms with Crippen LogP contribution in [0.25, 0.3) is 0 Å². The van der Waals surface area contributed by atoms with Crippen molar-refractivity contribution in [2.45, 2.75) is 64.6 Å². The SMILES string of the molecule is COc1cc(CO)cc(I)c1O[C@H]1C=C(C(=O)NCCO)C[C@@H](N(CCCOC(C)C)C(C)=O)[C@@H]1O. The number of hydrogen-bond donors (Lipinski definition) is 4. The number of halogens is 1. The number of aliphatic hydroxyl groups is 3. The second kappa shape index (κ2) is 14.7. The lowest BCUT2D eigenvalue weighted by Gasteiger charge is -2.40. The number of carbonyl (C=O) groups excluding carboxylic acids is 2. The summed E-state index contributed by atoms with van der Waals surface area (Å²) in [6, 6.07) is 2.66. The third kappa shape index (κ3) is 8.30. The van der Waals surface area contributed by atoms with Crippen molar-refractivity contribution < 1.29 is 39.1 Å². The molecule has 2 amide bonds. The van der Waals surface area contributed by atoms with Crippen LogP contribution in [0.15, 0.2) is 23.8 Å². The average molecular weight is 620 g/mol. The molecule has 0 unspecified atom stereocenters. The Labute approximate surface area is 225 Å². The molecule has 0 saturated heterocycles. The summed E-state index contributed by atoms with van der Waals surface area (Å²) < 4.78 is 17.9. The van der Waals surface area contributed by atoms with Gasteiger partial charge in [-0.2, -0.15) is 0 Å². The van der Waals surface area contributed by atoms with E-state index in [0.29, 0.717) is 45.8 Å². The molecule has 3 atom stereocenters. The van der Waals surface area contributed by atoms with E-state index in [2.05, 4.69) is 27.9 Å². The Hall–Kier alpha value is -1.93. The van der Waals surface area contributed by atoms with Gasteiger partial charge in [0.15, 0.2) is 11.5 Å². The van der Waals surface area contributed by atoms with Crippen LogP contribution in [0.1, 0.15) is 39.2 Å². The Morgan fingerprint density at radius 3 is 2.58 bits per heavy atom. The monoisotopic (exact) mass is 620 g/mol. The summed E-state index contributed by atoms with van der Waals surface area (Å²) in [7, 11) is 1.47. The highest BCUT2D eigenvalue weighted by Gasteiger charge is 2.40. The van der Waals surface area contributed by atoms with Gasteiger partial charge in [0.25, 0.3) is 0 Å². The molecule has 0 saturated carbocycles. The minimum atomic E-state index is -1.13.